The molecule has 2 aromatic rings. The van der Waals surface area contributed by atoms with Crippen molar-refractivity contribution in [2.45, 2.75) is 0 Å². The summed E-state index contributed by atoms with van der Waals surface area (Å²) >= 11 is 0. The van der Waals surface area contributed by atoms with E-state index in [0.717, 1.165) is 10.8 Å². The first kappa shape index (κ1) is 9.68. The minimum absolute atomic E-state index is 0.322. The van der Waals surface area contributed by atoms with Crippen molar-refractivity contribution in [3.8, 4) is 0 Å². The van der Waals surface area contributed by atoms with Crippen molar-refractivity contribution in [1.29, 1.82) is 0 Å². The Morgan fingerprint density at radius 2 is 2.07 bits per heavy atom. The van der Waals surface area contributed by atoms with Crippen LogP contribution in [0.3, 0.4) is 0 Å². The quantitative estimate of drug-likeness (QED) is 0.594. The lowest BCUT2D eigenvalue weighted by molar-refractivity contribution is 0.00682. The minimum atomic E-state index is -0.612. The van der Waals surface area contributed by atoms with Gasteiger partial charge in [0, 0.05) is 6.07 Å². The zero-order chi connectivity index (χ0) is 10.7. The van der Waals surface area contributed by atoms with Crippen LogP contribution >= 0.6 is 0 Å². The number of fused-ring (bicyclic) bond motifs is 1. The molecule has 0 bridgehead atoms. The van der Waals surface area contributed by atoms with Crippen molar-refractivity contribution in [3.63, 3.8) is 0 Å². The maximum atomic E-state index is 11.3. The second-order valence-electron chi connectivity index (χ2n) is 3.02. The largest absolute Gasteiger partial charge is 0.435 e. The molecular weight excluding hydrogens is 192 g/mol. The van der Waals surface area contributed by atoms with E-state index in [1.165, 1.54) is 0 Å². The topological polar surface area (TPSA) is 46.5 Å². The van der Waals surface area contributed by atoms with Crippen LogP contribution in [-0.4, -0.2) is 17.9 Å². The second kappa shape index (κ2) is 4.11. The zero-order valence-electron chi connectivity index (χ0n) is 7.93. The Balaban J connectivity index is 2.42. The van der Waals surface area contributed by atoms with E-state index < -0.39 is 12.8 Å². The lowest BCUT2D eigenvalue weighted by atomic mass is 10.1. The van der Waals surface area contributed by atoms with E-state index in [4.69, 9.17) is 5.11 Å². The van der Waals surface area contributed by atoms with Crippen molar-refractivity contribution >= 4 is 16.7 Å². The Morgan fingerprint density at radius 1 is 1.27 bits per heavy atom. The van der Waals surface area contributed by atoms with Crippen LogP contribution in [0.5, 0.6) is 0 Å². The average Bonchev–Trinajstić information content (AvgIpc) is 2.29. The van der Waals surface area contributed by atoms with Crippen LogP contribution in [0.1, 0.15) is 10.4 Å². The fourth-order valence-corrected chi connectivity index (χ4v) is 1.37. The predicted octanol–water partition coefficient (Wildman–Crippen LogP) is 1.75. The van der Waals surface area contributed by atoms with Crippen LogP contribution in [-0.2, 0) is 4.74 Å². The SMILES string of the molecule is O=C(OCO)c1[c]c2ccccc2cc1. The maximum Gasteiger partial charge on any atom is 0.340 e. The van der Waals surface area contributed by atoms with Crippen LogP contribution in [0, 0.1) is 6.07 Å². The summed E-state index contributed by atoms with van der Waals surface area (Å²) in [6, 6.07) is 14.0. The van der Waals surface area contributed by atoms with Gasteiger partial charge in [0.15, 0.2) is 6.79 Å². The van der Waals surface area contributed by atoms with Gasteiger partial charge in [-0.2, -0.15) is 0 Å². The molecule has 0 spiro atoms. The van der Waals surface area contributed by atoms with Gasteiger partial charge in [-0.05, 0) is 16.8 Å². The number of benzene rings is 2. The molecule has 0 saturated carbocycles. The first-order valence-corrected chi connectivity index (χ1v) is 4.50. The molecule has 0 aliphatic rings. The molecule has 0 aliphatic carbocycles. The van der Waals surface area contributed by atoms with E-state index in [0.29, 0.717) is 5.56 Å². The van der Waals surface area contributed by atoms with E-state index in [-0.39, 0.29) is 0 Å². The molecule has 0 heterocycles. The number of carbonyl (C=O) groups is 1. The van der Waals surface area contributed by atoms with Gasteiger partial charge >= 0.3 is 5.97 Å². The fourth-order valence-electron chi connectivity index (χ4n) is 1.37. The molecule has 1 radical (unpaired) electrons. The van der Waals surface area contributed by atoms with Gasteiger partial charge in [-0.25, -0.2) is 4.79 Å². The highest BCUT2D eigenvalue weighted by Crippen LogP contribution is 2.15. The molecule has 0 atom stereocenters. The summed E-state index contributed by atoms with van der Waals surface area (Å²) in [6.07, 6.45) is 0. The summed E-state index contributed by atoms with van der Waals surface area (Å²) in [4.78, 5) is 11.3. The molecular formula is C12H9O3. The summed E-state index contributed by atoms with van der Waals surface area (Å²) in [6.45, 7) is -0.612. The Hall–Kier alpha value is -1.87. The average molecular weight is 201 g/mol. The lowest BCUT2D eigenvalue weighted by Gasteiger charge is -2.02. The summed E-state index contributed by atoms with van der Waals surface area (Å²) in [5.74, 6) is -0.566. The lowest BCUT2D eigenvalue weighted by Crippen LogP contribution is -2.05. The zero-order valence-corrected chi connectivity index (χ0v) is 7.93. The second-order valence-corrected chi connectivity index (χ2v) is 3.02. The Labute approximate surface area is 86.9 Å². The highest BCUT2D eigenvalue weighted by molar-refractivity contribution is 5.94. The molecule has 3 nitrogen and oxygen atoms in total. The molecule has 0 aromatic heterocycles. The van der Waals surface area contributed by atoms with Gasteiger partial charge < -0.3 is 9.84 Å². The Bertz CT molecular complexity index is 491. The van der Waals surface area contributed by atoms with Gasteiger partial charge in [0.05, 0.1) is 5.56 Å². The molecule has 1 N–H and O–H groups in total. The van der Waals surface area contributed by atoms with Crippen molar-refractivity contribution < 1.29 is 14.6 Å². The van der Waals surface area contributed by atoms with Gasteiger partial charge in [0.1, 0.15) is 0 Å². The third-order valence-corrected chi connectivity index (χ3v) is 2.08. The first-order valence-electron chi connectivity index (χ1n) is 4.50. The third-order valence-electron chi connectivity index (χ3n) is 2.08. The van der Waals surface area contributed by atoms with Gasteiger partial charge in [0.25, 0.3) is 0 Å². The van der Waals surface area contributed by atoms with Crippen LogP contribution in [0.15, 0.2) is 36.4 Å². The molecule has 15 heavy (non-hydrogen) atoms. The third kappa shape index (κ3) is 1.97. The normalized spacial score (nSPS) is 10.2. The summed E-state index contributed by atoms with van der Waals surface area (Å²) in [5.41, 5.74) is 0.322. The number of carbonyl (C=O) groups excluding carboxylic acids is 1. The van der Waals surface area contributed by atoms with E-state index >= 15 is 0 Å². The molecule has 2 aromatic carbocycles. The summed E-state index contributed by atoms with van der Waals surface area (Å²) < 4.78 is 4.46. The smallest absolute Gasteiger partial charge is 0.340 e. The van der Waals surface area contributed by atoms with Gasteiger partial charge in [-0.15, -0.1) is 0 Å². The predicted molar refractivity (Wildman–Crippen MR) is 55.3 cm³/mol. The number of esters is 1. The highest BCUT2D eigenvalue weighted by Gasteiger charge is 2.06. The molecule has 0 unspecified atom stereocenters. The van der Waals surface area contributed by atoms with E-state index in [9.17, 15) is 4.79 Å². The van der Waals surface area contributed by atoms with Crippen molar-refractivity contribution in [2.24, 2.45) is 0 Å². The number of aliphatic hydroxyl groups excluding tert-OH is 1. The van der Waals surface area contributed by atoms with Gasteiger partial charge in [0.2, 0.25) is 0 Å². The van der Waals surface area contributed by atoms with E-state index in [1.807, 2.05) is 30.3 Å². The Morgan fingerprint density at radius 3 is 2.87 bits per heavy atom. The highest BCUT2D eigenvalue weighted by atomic mass is 16.6. The molecule has 2 rings (SSSR count). The van der Waals surface area contributed by atoms with Crippen LogP contribution in [0.25, 0.3) is 10.8 Å². The maximum absolute atomic E-state index is 11.3. The van der Waals surface area contributed by atoms with Crippen molar-refractivity contribution in [2.75, 3.05) is 6.79 Å². The van der Waals surface area contributed by atoms with E-state index in [1.54, 1.807) is 6.07 Å². The molecule has 75 valence electrons. The fraction of sp³-hybridized carbons (Fsp3) is 0.0833. The van der Waals surface area contributed by atoms with Crippen molar-refractivity contribution in [3.05, 3.63) is 48.0 Å². The van der Waals surface area contributed by atoms with Gasteiger partial charge in [-0.1, -0.05) is 30.3 Å². The van der Waals surface area contributed by atoms with E-state index in [2.05, 4.69) is 10.8 Å². The number of aliphatic hydroxyl groups is 1. The molecule has 0 saturated heterocycles. The number of hydrogen-bond donors (Lipinski definition) is 1. The standard InChI is InChI=1S/C12H9O3/c13-8-15-12(14)11-6-5-9-3-1-2-4-10(9)7-11/h1-6,13H,8H2. The molecule has 0 aliphatic heterocycles. The minimum Gasteiger partial charge on any atom is -0.435 e. The van der Waals surface area contributed by atoms with Crippen LogP contribution in [0.2, 0.25) is 0 Å². The van der Waals surface area contributed by atoms with Crippen LogP contribution in [0.4, 0.5) is 0 Å². The Kier molecular flexibility index (Phi) is 2.65. The van der Waals surface area contributed by atoms with Gasteiger partial charge in [-0.3, -0.25) is 0 Å². The number of rotatable bonds is 2. The summed E-state index contributed by atoms with van der Waals surface area (Å²) in [5, 5.41) is 10.3. The molecule has 0 fully saturated rings. The molecule has 0 amide bonds. The summed E-state index contributed by atoms with van der Waals surface area (Å²) in [7, 11) is 0. The van der Waals surface area contributed by atoms with Crippen LogP contribution < -0.4 is 0 Å². The van der Waals surface area contributed by atoms with Crippen molar-refractivity contribution in [1.82, 2.24) is 0 Å². The number of ether oxygens (including phenoxy) is 1. The first-order chi connectivity index (χ1) is 7.31. The monoisotopic (exact) mass is 201 g/mol. The number of hydrogen-bond acceptors (Lipinski definition) is 3. The molecule has 3 heteroatoms.